The van der Waals surface area contributed by atoms with Crippen LogP contribution in [0.3, 0.4) is 0 Å². The van der Waals surface area contributed by atoms with Crippen LogP contribution in [0.2, 0.25) is 0 Å². The van der Waals surface area contributed by atoms with Gasteiger partial charge in [-0.1, -0.05) is 0 Å². The summed E-state index contributed by atoms with van der Waals surface area (Å²) >= 11 is 3.49. The molecule has 110 valence electrons. The Morgan fingerprint density at radius 2 is 1.05 bits per heavy atom. The maximum Gasteiger partial charge on any atom is 0.295 e. The molecule has 0 atom stereocenters. The topological polar surface area (TPSA) is 163 Å². The molecule has 20 heavy (non-hydrogen) atoms. The zero-order chi connectivity index (χ0) is 15.2. The zero-order valence-corrected chi connectivity index (χ0v) is 15.6. The van der Waals surface area contributed by atoms with Crippen LogP contribution in [0.1, 0.15) is 0 Å². The van der Waals surface area contributed by atoms with Crippen molar-refractivity contribution in [3.63, 3.8) is 0 Å². The average molecular weight is 416 g/mol. The fourth-order valence-electron chi connectivity index (χ4n) is 1.10. The Kier molecular flexibility index (Phi) is 5.94. The molecule has 14 heteroatoms. The van der Waals surface area contributed by atoms with Gasteiger partial charge in [-0.05, 0) is 12.1 Å². The number of hydrogen-bond acceptors (Lipinski definition) is 7. The summed E-state index contributed by atoms with van der Waals surface area (Å²) in [5.41, 5.74) is 0. The second-order valence-corrected chi connectivity index (χ2v) is 7.84. The van der Waals surface area contributed by atoms with Crippen LogP contribution < -0.4 is 0 Å². The van der Waals surface area contributed by atoms with Gasteiger partial charge in [0, 0.05) is 24.4 Å². The summed E-state index contributed by atoms with van der Waals surface area (Å²) in [7, 11) is -15.0. The normalized spacial score (nSPS) is 12.8. The molecule has 0 amide bonds. The van der Waals surface area contributed by atoms with E-state index in [0.29, 0.717) is 12.1 Å². The van der Waals surface area contributed by atoms with E-state index in [-0.39, 0.29) is 19.5 Å². The summed E-state index contributed by atoms with van der Waals surface area (Å²) in [5, 5.41) is 0. The van der Waals surface area contributed by atoms with Gasteiger partial charge in [-0.3, -0.25) is 13.7 Å². The molecule has 0 aliphatic carbocycles. The number of rotatable bonds is 3. The Bertz CT molecular complexity index is 783. The maximum atomic E-state index is 11.0. The van der Waals surface area contributed by atoms with Crippen molar-refractivity contribution in [1.29, 1.82) is 0 Å². The van der Waals surface area contributed by atoms with Gasteiger partial charge in [0.05, 0.1) is 4.90 Å². The Hall–Kier alpha value is -0.0766. The van der Waals surface area contributed by atoms with Crippen molar-refractivity contribution in [3.8, 4) is 0 Å². The largest absolute Gasteiger partial charge is 0.295 e. The van der Waals surface area contributed by atoms with E-state index in [2.05, 4.69) is 12.6 Å². The first kappa shape index (κ1) is 19.9. The van der Waals surface area contributed by atoms with E-state index in [0.717, 1.165) is 0 Å². The molecule has 0 aromatic heterocycles. The van der Waals surface area contributed by atoms with Gasteiger partial charge in [-0.25, -0.2) is 0 Å². The quantitative estimate of drug-likeness (QED) is 0.295. The van der Waals surface area contributed by atoms with Crippen LogP contribution in [-0.2, 0) is 49.8 Å². The van der Waals surface area contributed by atoms with Crippen LogP contribution in [0.5, 0.6) is 0 Å². The molecule has 1 aromatic rings. The second kappa shape index (κ2) is 5.97. The third-order valence-corrected chi connectivity index (χ3v) is 5.24. The number of thiol groups is 1. The molecule has 9 nitrogen and oxygen atoms in total. The molecule has 0 unspecified atom stereocenters. The Morgan fingerprint density at radius 3 is 1.25 bits per heavy atom. The van der Waals surface area contributed by atoms with E-state index in [4.69, 9.17) is 13.7 Å². The monoisotopic (exact) mass is 414 g/mol. The van der Waals surface area contributed by atoms with Gasteiger partial charge in [0.15, 0.2) is 0 Å². The van der Waals surface area contributed by atoms with E-state index in [1.165, 1.54) is 0 Å². The average Bonchev–Trinajstić information content (AvgIpc) is 2.11. The number of benzene rings is 1. The van der Waals surface area contributed by atoms with E-state index >= 15 is 0 Å². The standard InChI is InChI=1S/C6H6O9S4.Zn/c7-17(8,9)3-1-4(18(10,11)12)6(16)5(2-3)19(13,14)15;/h1-2,16H,(H,7,8,9)(H,10,11,12)(H,13,14,15);. The molecule has 0 aliphatic rings. The van der Waals surface area contributed by atoms with Crippen molar-refractivity contribution < 1.29 is 58.4 Å². The molecule has 0 heterocycles. The van der Waals surface area contributed by atoms with Crippen LogP contribution in [0, 0.1) is 0 Å². The minimum atomic E-state index is -5.03. The Balaban J connectivity index is 0.00000361. The minimum Gasteiger partial charge on any atom is -0.282 e. The third-order valence-electron chi connectivity index (χ3n) is 1.87. The van der Waals surface area contributed by atoms with Crippen LogP contribution in [0.4, 0.5) is 0 Å². The number of hydrogen-bond donors (Lipinski definition) is 4. The molecule has 1 aromatic carbocycles. The van der Waals surface area contributed by atoms with Crippen molar-refractivity contribution in [2.45, 2.75) is 19.6 Å². The fraction of sp³-hybridized carbons (Fsp3) is 0. The van der Waals surface area contributed by atoms with Crippen molar-refractivity contribution in [2.75, 3.05) is 0 Å². The molecule has 0 saturated heterocycles. The summed E-state index contributed by atoms with van der Waals surface area (Å²) in [6, 6.07) is 0.587. The van der Waals surface area contributed by atoms with Crippen molar-refractivity contribution in [1.82, 2.24) is 0 Å². The summed E-state index contributed by atoms with van der Waals surface area (Å²) in [5.74, 6) is 0. The summed E-state index contributed by atoms with van der Waals surface area (Å²) in [6.45, 7) is 0. The predicted molar refractivity (Wildman–Crippen MR) is 63.1 cm³/mol. The summed E-state index contributed by atoms with van der Waals surface area (Å²) in [6.07, 6.45) is 0. The van der Waals surface area contributed by atoms with Crippen LogP contribution in [0.15, 0.2) is 31.7 Å². The van der Waals surface area contributed by atoms with E-state index in [1.54, 1.807) is 0 Å². The van der Waals surface area contributed by atoms with Gasteiger partial charge in [-0.2, -0.15) is 25.3 Å². The molecule has 0 aliphatic heterocycles. The van der Waals surface area contributed by atoms with Gasteiger partial charge in [0.1, 0.15) is 9.79 Å². The molecular formula is C6H6O9S4Zn. The van der Waals surface area contributed by atoms with Gasteiger partial charge < -0.3 is 0 Å². The van der Waals surface area contributed by atoms with E-state index in [1.807, 2.05) is 0 Å². The summed E-state index contributed by atoms with van der Waals surface area (Å²) in [4.78, 5) is -4.43. The first-order valence-corrected chi connectivity index (χ1v) is 8.81. The SMILES string of the molecule is O=S(=O)(O)c1cc(S(=O)(=O)O)c(S)c(S(=O)(=O)O)c1.[Zn]. The molecule has 1 rings (SSSR count). The van der Waals surface area contributed by atoms with Crippen molar-refractivity contribution >= 4 is 43.0 Å². The zero-order valence-electron chi connectivity index (χ0n) is 9.32. The van der Waals surface area contributed by atoms with Crippen LogP contribution >= 0.6 is 12.6 Å². The van der Waals surface area contributed by atoms with Gasteiger partial charge in [-0.15, -0.1) is 12.6 Å². The van der Waals surface area contributed by atoms with Crippen molar-refractivity contribution in [2.24, 2.45) is 0 Å². The predicted octanol–water partition coefficient (Wildman–Crippen LogP) is -0.287. The Morgan fingerprint density at radius 1 is 0.750 bits per heavy atom. The summed E-state index contributed by atoms with van der Waals surface area (Å²) < 4.78 is 92.0. The van der Waals surface area contributed by atoms with Gasteiger partial charge in [0.25, 0.3) is 30.4 Å². The molecule has 3 N–H and O–H groups in total. The first-order chi connectivity index (χ1) is 8.24. The first-order valence-electron chi connectivity index (χ1n) is 4.04. The molecule has 0 radical (unpaired) electrons. The van der Waals surface area contributed by atoms with E-state index < -0.39 is 49.9 Å². The maximum absolute atomic E-state index is 11.0. The van der Waals surface area contributed by atoms with Crippen molar-refractivity contribution in [3.05, 3.63) is 12.1 Å². The van der Waals surface area contributed by atoms with E-state index in [9.17, 15) is 25.3 Å². The molecule has 0 saturated carbocycles. The molecular weight excluding hydrogens is 410 g/mol. The Labute approximate surface area is 132 Å². The molecule has 0 bridgehead atoms. The smallest absolute Gasteiger partial charge is 0.282 e. The van der Waals surface area contributed by atoms with Crippen LogP contribution in [-0.4, -0.2) is 38.9 Å². The minimum absolute atomic E-state index is 0. The van der Waals surface area contributed by atoms with Crippen LogP contribution in [0.25, 0.3) is 0 Å². The third kappa shape index (κ3) is 4.46. The van der Waals surface area contributed by atoms with Gasteiger partial charge in [0.2, 0.25) is 0 Å². The fourth-order valence-corrected chi connectivity index (χ4v) is 3.93. The molecule has 0 fully saturated rings. The van der Waals surface area contributed by atoms with Gasteiger partial charge >= 0.3 is 0 Å². The molecule has 0 spiro atoms. The second-order valence-electron chi connectivity index (χ2n) is 3.19.